The largest absolute Gasteiger partial charge is 0.650 e. The van der Waals surface area contributed by atoms with E-state index in [4.69, 9.17) is 10.0 Å². The molecule has 3 nitrogen and oxygen atoms in total. The topological polar surface area (TPSA) is 49.7 Å². The molecular weight excluding hydrogens is 94.3 g/mol. The SMILES string of the molecule is OB(O)OCl. The quantitative estimate of drug-likeness (QED) is 0.417. The molecule has 0 saturated heterocycles. The van der Waals surface area contributed by atoms with Gasteiger partial charge in [-0.3, -0.25) is 4.21 Å². The zero-order valence-corrected chi connectivity index (χ0v) is 3.01. The average Bonchev–Trinajstić information content (AvgIpc) is 1.38. The zero-order chi connectivity index (χ0) is 4.28. The third-order valence-electron chi connectivity index (χ3n) is 0.0797. The van der Waals surface area contributed by atoms with Gasteiger partial charge in [-0.1, -0.05) is 0 Å². The van der Waals surface area contributed by atoms with Gasteiger partial charge in [-0.15, -0.1) is 0 Å². The molecule has 0 heterocycles. The second-order valence-corrected chi connectivity index (χ2v) is 0.594. The highest BCUT2D eigenvalue weighted by Gasteiger charge is 2.03. The third-order valence-corrected chi connectivity index (χ3v) is 0.239. The van der Waals surface area contributed by atoms with Gasteiger partial charge >= 0.3 is 7.32 Å². The van der Waals surface area contributed by atoms with Gasteiger partial charge in [0.05, 0.1) is 0 Å². The second kappa shape index (κ2) is 2.47. The predicted molar refractivity (Wildman–Crippen MR) is 17.1 cm³/mol. The molecule has 0 amide bonds. The minimum absolute atomic E-state index is 1.85. The van der Waals surface area contributed by atoms with Crippen molar-refractivity contribution in [1.29, 1.82) is 0 Å². The van der Waals surface area contributed by atoms with E-state index in [9.17, 15) is 0 Å². The number of halogens is 1. The fourth-order valence-electron chi connectivity index (χ4n) is 0. The smallest absolute Gasteiger partial charge is 0.401 e. The van der Waals surface area contributed by atoms with Crippen LogP contribution in [0.1, 0.15) is 0 Å². The van der Waals surface area contributed by atoms with E-state index in [0.717, 1.165) is 0 Å². The van der Waals surface area contributed by atoms with Gasteiger partial charge in [0.2, 0.25) is 0 Å². The van der Waals surface area contributed by atoms with Crippen LogP contribution in [0.25, 0.3) is 0 Å². The Kier molecular flexibility index (Phi) is 2.59. The lowest BCUT2D eigenvalue weighted by Gasteiger charge is -1.80. The highest BCUT2D eigenvalue weighted by atomic mass is 35.5. The maximum atomic E-state index is 7.56. The van der Waals surface area contributed by atoms with Crippen molar-refractivity contribution >= 4 is 19.2 Å². The summed E-state index contributed by atoms with van der Waals surface area (Å²) >= 11 is 4.34. The van der Waals surface area contributed by atoms with Crippen molar-refractivity contribution in [2.24, 2.45) is 0 Å². The molecule has 5 heavy (non-hydrogen) atoms. The maximum absolute atomic E-state index is 7.56. The van der Waals surface area contributed by atoms with Crippen LogP contribution in [0.2, 0.25) is 0 Å². The Labute approximate surface area is 34.5 Å². The average molecular weight is 96.3 g/mol. The molecule has 0 atom stereocenters. The van der Waals surface area contributed by atoms with Crippen LogP contribution in [0.15, 0.2) is 0 Å². The summed E-state index contributed by atoms with van der Waals surface area (Å²) < 4.78 is 3.33. The molecule has 0 fully saturated rings. The second-order valence-electron chi connectivity index (χ2n) is 0.415. The summed E-state index contributed by atoms with van der Waals surface area (Å²) in [4.78, 5) is 0. The maximum Gasteiger partial charge on any atom is 0.650 e. The molecule has 5 heteroatoms. The van der Waals surface area contributed by atoms with E-state index in [1.807, 2.05) is 0 Å². The monoisotopic (exact) mass is 96.0 g/mol. The van der Waals surface area contributed by atoms with E-state index in [1.54, 1.807) is 0 Å². The summed E-state index contributed by atoms with van der Waals surface area (Å²) in [6.07, 6.45) is 0. The lowest BCUT2D eigenvalue weighted by Crippen LogP contribution is -2.09. The molecule has 2 N–H and O–H groups in total. The lowest BCUT2D eigenvalue weighted by molar-refractivity contribution is 0.300. The molecule has 0 aromatic carbocycles. The summed E-state index contributed by atoms with van der Waals surface area (Å²) in [6.45, 7) is 0. The van der Waals surface area contributed by atoms with Crippen molar-refractivity contribution in [3.05, 3.63) is 0 Å². The van der Waals surface area contributed by atoms with Gasteiger partial charge in [0.1, 0.15) is 0 Å². The minimum Gasteiger partial charge on any atom is -0.401 e. The Hall–Kier alpha value is 0.235. The molecule has 0 unspecified atom stereocenters. The normalized spacial score (nSPS) is 7.80. The Balaban J connectivity index is 2.54. The Morgan fingerprint density at radius 3 is 1.80 bits per heavy atom. The van der Waals surface area contributed by atoms with Crippen molar-refractivity contribution in [1.82, 2.24) is 0 Å². The molecule has 0 aromatic heterocycles. The molecule has 0 radical (unpaired) electrons. The van der Waals surface area contributed by atoms with Crippen LogP contribution in [0.4, 0.5) is 0 Å². The van der Waals surface area contributed by atoms with Crippen LogP contribution in [0, 0.1) is 0 Å². The zero-order valence-electron chi connectivity index (χ0n) is 2.26. The number of rotatable bonds is 1. The first-order valence-electron chi connectivity index (χ1n) is 0.906. The first kappa shape index (κ1) is 5.23. The van der Waals surface area contributed by atoms with E-state index in [1.165, 1.54) is 0 Å². The molecule has 0 saturated carbocycles. The Morgan fingerprint density at radius 1 is 1.60 bits per heavy atom. The first-order valence-corrected chi connectivity index (χ1v) is 1.22. The highest BCUT2D eigenvalue weighted by Crippen LogP contribution is 1.75. The number of hydrogen-bond donors (Lipinski definition) is 2. The van der Waals surface area contributed by atoms with E-state index < -0.39 is 7.32 Å². The van der Waals surface area contributed by atoms with Gasteiger partial charge in [0.25, 0.3) is 0 Å². The van der Waals surface area contributed by atoms with Crippen molar-refractivity contribution in [2.45, 2.75) is 0 Å². The van der Waals surface area contributed by atoms with Crippen LogP contribution in [0.3, 0.4) is 0 Å². The Morgan fingerprint density at radius 2 is 1.80 bits per heavy atom. The van der Waals surface area contributed by atoms with E-state index >= 15 is 0 Å². The summed E-state index contributed by atoms with van der Waals surface area (Å²) in [6, 6.07) is 0. The standard InChI is InChI=1S/BClH2O3/c2-5-1(3)4/h3-4H. The molecule has 0 aliphatic rings. The Bertz CT molecular complexity index is 20.9. The van der Waals surface area contributed by atoms with Gasteiger partial charge in [0, 0.05) is 11.9 Å². The molecule has 0 aliphatic carbocycles. The third kappa shape index (κ3) is 4.23. The predicted octanol–water partition coefficient (Wildman–Crippen LogP) is -0.874. The van der Waals surface area contributed by atoms with Crippen LogP contribution in [-0.2, 0) is 4.21 Å². The summed E-state index contributed by atoms with van der Waals surface area (Å²) in [5, 5.41) is 15.1. The van der Waals surface area contributed by atoms with Crippen molar-refractivity contribution in [3.63, 3.8) is 0 Å². The van der Waals surface area contributed by atoms with Crippen LogP contribution < -0.4 is 0 Å². The molecule has 0 rings (SSSR count). The van der Waals surface area contributed by atoms with Crippen LogP contribution >= 0.6 is 11.9 Å². The molecule has 0 bridgehead atoms. The summed E-state index contributed by atoms with van der Waals surface area (Å²) in [5.41, 5.74) is 0. The first-order chi connectivity index (χ1) is 2.27. The highest BCUT2D eigenvalue weighted by molar-refractivity contribution is 6.40. The minimum atomic E-state index is -1.85. The summed E-state index contributed by atoms with van der Waals surface area (Å²) in [7, 11) is -1.85. The van der Waals surface area contributed by atoms with Crippen molar-refractivity contribution < 1.29 is 14.3 Å². The van der Waals surface area contributed by atoms with Crippen LogP contribution in [0.5, 0.6) is 0 Å². The van der Waals surface area contributed by atoms with Crippen LogP contribution in [-0.4, -0.2) is 17.4 Å². The molecule has 30 valence electrons. The van der Waals surface area contributed by atoms with Gasteiger partial charge < -0.3 is 10.0 Å². The number of hydrogen-bond acceptors (Lipinski definition) is 3. The van der Waals surface area contributed by atoms with Gasteiger partial charge in [0.15, 0.2) is 0 Å². The molecule has 0 spiro atoms. The van der Waals surface area contributed by atoms with Crippen molar-refractivity contribution in [3.8, 4) is 0 Å². The van der Waals surface area contributed by atoms with Gasteiger partial charge in [-0.25, -0.2) is 0 Å². The van der Waals surface area contributed by atoms with E-state index in [2.05, 4.69) is 16.1 Å². The molecular formula is H2BClO3. The van der Waals surface area contributed by atoms with Gasteiger partial charge in [-0.2, -0.15) is 0 Å². The molecule has 0 aliphatic heterocycles. The van der Waals surface area contributed by atoms with Gasteiger partial charge in [-0.05, 0) is 0 Å². The fourth-order valence-corrected chi connectivity index (χ4v) is 0. The van der Waals surface area contributed by atoms with E-state index in [0.29, 0.717) is 0 Å². The van der Waals surface area contributed by atoms with Crippen molar-refractivity contribution in [2.75, 3.05) is 0 Å². The lowest BCUT2D eigenvalue weighted by atomic mass is 10.3. The summed E-state index contributed by atoms with van der Waals surface area (Å²) in [5.74, 6) is 0. The molecule has 0 aromatic rings. The fraction of sp³-hybridized carbons (Fsp3) is 0. The van der Waals surface area contributed by atoms with E-state index in [-0.39, 0.29) is 0 Å².